The molecule has 2 N–H and O–H groups in total. The molecule has 0 radical (unpaired) electrons. The van der Waals surface area contributed by atoms with Gasteiger partial charge in [0.1, 0.15) is 23.2 Å². The molecule has 0 saturated carbocycles. The van der Waals surface area contributed by atoms with Gasteiger partial charge in [0.05, 0.1) is 16.8 Å². The zero-order valence-electron chi connectivity index (χ0n) is 21.7. The van der Waals surface area contributed by atoms with E-state index in [0.29, 0.717) is 34.6 Å². The molecule has 3 heterocycles. The van der Waals surface area contributed by atoms with Gasteiger partial charge in [0, 0.05) is 41.3 Å². The number of hydrogen-bond donors (Lipinski definition) is 1. The van der Waals surface area contributed by atoms with E-state index in [4.69, 9.17) is 15.5 Å². The van der Waals surface area contributed by atoms with Crippen molar-refractivity contribution < 1.29 is 4.74 Å². The fourth-order valence-electron chi connectivity index (χ4n) is 5.76. The highest BCUT2D eigenvalue weighted by Gasteiger charge is 2.35. The summed E-state index contributed by atoms with van der Waals surface area (Å²) in [5.74, 6) is 0.892. The second-order valence-electron chi connectivity index (χ2n) is 9.71. The summed E-state index contributed by atoms with van der Waals surface area (Å²) in [6.45, 7) is 6.43. The summed E-state index contributed by atoms with van der Waals surface area (Å²) in [5, 5.41) is 11.9. The maximum atomic E-state index is 13.4. The second kappa shape index (κ2) is 8.63. The minimum absolute atomic E-state index is 0.0805. The Balaban J connectivity index is 1.68. The number of fused-ring (bicyclic) bond motifs is 3. The lowest BCUT2D eigenvalue weighted by atomic mass is 9.80. The van der Waals surface area contributed by atoms with Crippen LogP contribution in [-0.2, 0) is 13.6 Å². The van der Waals surface area contributed by atoms with E-state index in [-0.39, 0.29) is 11.4 Å². The van der Waals surface area contributed by atoms with Crippen LogP contribution in [0.2, 0.25) is 0 Å². The summed E-state index contributed by atoms with van der Waals surface area (Å²) in [7, 11) is 2.03. The number of para-hydroxylation sites is 2. The highest BCUT2D eigenvalue weighted by Crippen LogP contribution is 2.48. The predicted molar refractivity (Wildman–Crippen MR) is 149 cm³/mol. The van der Waals surface area contributed by atoms with E-state index < -0.39 is 5.92 Å². The van der Waals surface area contributed by atoms with E-state index in [1.54, 1.807) is 10.6 Å². The van der Waals surface area contributed by atoms with Gasteiger partial charge >= 0.3 is 0 Å². The normalized spacial score (nSPS) is 15.0. The summed E-state index contributed by atoms with van der Waals surface area (Å²) >= 11 is 0. The molecule has 7 heteroatoms. The Labute approximate surface area is 220 Å². The molecule has 38 heavy (non-hydrogen) atoms. The van der Waals surface area contributed by atoms with Gasteiger partial charge in [0.2, 0.25) is 5.88 Å². The minimum atomic E-state index is -0.434. The molecule has 0 spiro atoms. The van der Waals surface area contributed by atoms with Gasteiger partial charge in [-0.15, -0.1) is 0 Å². The zero-order chi connectivity index (χ0) is 26.7. The van der Waals surface area contributed by atoms with E-state index in [2.05, 4.69) is 29.7 Å². The van der Waals surface area contributed by atoms with Gasteiger partial charge in [-0.1, -0.05) is 30.3 Å². The minimum Gasteiger partial charge on any atom is -0.440 e. The number of aryl methyl sites for hydroxylation is 2. The van der Waals surface area contributed by atoms with Crippen LogP contribution >= 0.6 is 0 Å². The van der Waals surface area contributed by atoms with Crippen molar-refractivity contribution in [3.63, 3.8) is 0 Å². The van der Waals surface area contributed by atoms with Gasteiger partial charge in [0.15, 0.2) is 0 Å². The SMILES string of the molecule is CCn1c(-c2cc(C)c3c(c2)C(c2c(C)n(C)c4ccccc24)C(C#N)=C(N)O3)nc2ccccc2c1=O. The average Bonchev–Trinajstić information content (AvgIpc) is 3.17. The third-order valence-corrected chi connectivity index (χ3v) is 7.67. The van der Waals surface area contributed by atoms with E-state index in [1.807, 2.05) is 63.4 Å². The summed E-state index contributed by atoms with van der Waals surface area (Å²) in [6.07, 6.45) is 0. The van der Waals surface area contributed by atoms with Crippen LogP contribution in [0.4, 0.5) is 0 Å². The molecular weight excluding hydrogens is 474 g/mol. The Kier molecular flexibility index (Phi) is 5.35. The first-order chi connectivity index (χ1) is 18.3. The van der Waals surface area contributed by atoms with Crippen molar-refractivity contribution >= 4 is 21.8 Å². The van der Waals surface area contributed by atoms with Crippen LogP contribution in [0.5, 0.6) is 5.75 Å². The molecule has 6 rings (SSSR count). The third-order valence-electron chi connectivity index (χ3n) is 7.67. The van der Waals surface area contributed by atoms with Crippen LogP contribution in [0.3, 0.4) is 0 Å². The van der Waals surface area contributed by atoms with E-state index >= 15 is 0 Å². The Morgan fingerprint density at radius 3 is 2.53 bits per heavy atom. The number of rotatable bonds is 3. The van der Waals surface area contributed by atoms with Crippen LogP contribution < -0.4 is 16.0 Å². The van der Waals surface area contributed by atoms with Crippen LogP contribution in [0, 0.1) is 25.2 Å². The fraction of sp³-hybridized carbons (Fsp3) is 0.194. The fourth-order valence-corrected chi connectivity index (χ4v) is 5.76. The number of benzene rings is 3. The summed E-state index contributed by atoms with van der Waals surface area (Å²) < 4.78 is 9.89. The first-order valence-corrected chi connectivity index (χ1v) is 12.6. The van der Waals surface area contributed by atoms with Gasteiger partial charge in [-0.3, -0.25) is 9.36 Å². The van der Waals surface area contributed by atoms with Crippen LogP contribution in [0.15, 0.2) is 76.9 Å². The first-order valence-electron chi connectivity index (χ1n) is 12.6. The summed E-state index contributed by atoms with van der Waals surface area (Å²) in [4.78, 5) is 18.3. The predicted octanol–water partition coefficient (Wildman–Crippen LogP) is 5.41. The first kappa shape index (κ1) is 23.6. The monoisotopic (exact) mass is 501 g/mol. The standard InChI is InChI=1S/C31H27N5O2/c1-5-36-30(34-24-12-8-6-10-20(24)31(36)37)19-14-17(2)28-22(15-19)27(23(16-32)29(33)38-28)26-18(3)35(4)25-13-9-7-11-21(25)26/h6-15,27H,5,33H2,1-4H3. The third kappa shape index (κ3) is 3.27. The van der Waals surface area contributed by atoms with E-state index in [0.717, 1.165) is 38.9 Å². The van der Waals surface area contributed by atoms with Gasteiger partial charge in [-0.05, 0) is 62.2 Å². The molecular formula is C31H27N5O2. The molecule has 0 aliphatic carbocycles. The van der Waals surface area contributed by atoms with Gasteiger partial charge in [-0.2, -0.15) is 5.26 Å². The summed E-state index contributed by atoms with van der Waals surface area (Å²) in [6, 6.07) is 21.9. The highest BCUT2D eigenvalue weighted by molar-refractivity contribution is 5.88. The maximum Gasteiger partial charge on any atom is 0.261 e. The van der Waals surface area contributed by atoms with Crippen molar-refractivity contribution in [3.05, 3.63) is 105 Å². The molecule has 2 aromatic heterocycles. The molecule has 0 saturated heterocycles. The Hall–Kier alpha value is -4.83. The molecule has 188 valence electrons. The number of nitrogens with two attached hydrogens (primary N) is 1. The Morgan fingerprint density at radius 2 is 1.79 bits per heavy atom. The molecule has 7 nitrogen and oxygen atoms in total. The van der Waals surface area contributed by atoms with Crippen LogP contribution in [0.1, 0.15) is 35.2 Å². The number of allylic oxidation sites excluding steroid dienone is 1. The zero-order valence-corrected chi connectivity index (χ0v) is 21.7. The molecule has 1 unspecified atom stereocenters. The number of hydrogen-bond acceptors (Lipinski definition) is 5. The van der Waals surface area contributed by atoms with Crippen molar-refractivity contribution in [1.29, 1.82) is 5.26 Å². The van der Waals surface area contributed by atoms with Crippen molar-refractivity contribution in [2.45, 2.75) is 33.2 Å². The number of ether oxygens (including phenoxy) is 1. The quantitative estimate of drug-likeness (QED) is 0.356. The van der Waals surface area contributed by atoms with Gasteiger partial charge < -0.3 is 15.0 Å². The summed E-state index contributed by atoms with van der Waals surface area (Å²) in [5.41, 5.74) is 12.9. The van der Waals surface area contributed by atoms with Gasteiger partial charge in [0.25, 0.3) is 5.56 Å². The van der Waals surface area contributed by atoms with Crippen molar-refractivity contribution in [3.8, 4) is 23.2 Å². The largest absolute Gasteiger partial charge is 0.440 e. The molecule has 1 aliphatic heterocycles. The lowest BCUT2D eigenvalue weighted by Gasteiger charge is -2.29. The maximum absolute atomic E-state index is 13.4. The smallest absolute Gasteiger partial charge is 0.261 e. The van der Waals surface area contributed by atoms with E-state index in [9.17, 15) is 10.1 Å². The molecule has 3 aromatic carbocycles. The van der Waals surface area contributed by atoms with E-state index in [1.165, 1.54) is 0 Å². The lowest BCUT2D eigenvalue weighted by molar-refractivity contribution is 0.391. The van der Waals surface area contributed by atoms with Crippen molar-refractivity contribution in [2.75, 3.05) is 0 Å². The second-order valence-corrected chi connectivity index (χ2v) is 9.71. The van der Waals surface area contributed by atoms with Crippen molar-refractivity contribution in [2.24, 2.45) is 12.8 Å². The lowest BCUT2D eigenvalue weighted by Crippen LogP contribution is -2.24. The Morgan fingerprint density at radius 1 is 1.08 bits per heavy atom. The van der Waals surface area contributed by atoms with Crippen molar-refractivity contribution in [1.82, 2.24) is 14.1 Å². The molecule has 0 fully saturated rings. The topological polar surface area (TPSA) is 98.9 Å². The number of nitrogens with zero attached hydrogens (tertiary/aromatic N) is 4. The van der Waals surface area contributed by atoms with Crippen LogP contribution in [0.25, 0.3) is 33.2 Å². The molecule has 5 aromatic rings. The highest BCUT2D eigenvalue weighted by atomic mass is 16.5. The van der Waals surface area contributed by atoms with Gasteiger partial charge in [-0.25, -0.2) is 4.98 Å². The number of nitriles is 1. The van der Waals surface area contributed by atoms with Crippen LogP contribution in [-0.4, -0.2) is 14.1 Å². The molecule has 1 aliphatic rings. The number of aromatic nitrogens is 3. The molecule has 0 bridgehead atoms. The Bertz CT molecular complexity index is 1920. The average molecular weight is 502 g/mol. The molecule has 0 amide bonds. The molecule has 1 atom stereocenters.